The molecule has 1 saturated heterocycles. The lowest BCUT2D eigenvalue weighted by Gasteiger charge is -2.35. The number of rotatable bonds is 4. The predicted octanol–water partition coefficient (Wildman–Crippen LogP) is 3.90. The van der Waals surface area contributed by atoms with E-state index in [2.05, 4.69) is 52.7 Å². The second-order valence-corrected chi connectivity index (χ2v) is 8.55. The molecule has 1 unspecified atom stereocenters. The van der Waals surface area contributed by atoms with Crippen LogP contribution in [0.1, 0.15) is 24.0 Å². The third kappa shape index (κ3) is 3.97. The molecular weight excluding hydrogens is 461 g/mol. The number of fused-ring (bicyclic) bond motifs is 1. The van der Waals surface area contributed by atoms with Gasteiger partial charge in [-0.1, -0.05) is 19.1 Å². The fourth-order valence-electron chi connectivity index (χ4n) is 3.91. The van der Waals surface area contributed by atoms with Crippen molar-refractivity contribution in [1.29, 1.82) is 0 Å². The number of halogens is 2. The van der Waals surface area contributed by atoms with Gasteiger partial charge in [0.2, 0.25) is 5.95 Å². The molecule has 1 aromatic carbocycles. The molecule has 0 spiro atoms. The summed E-state index contributed by atoms with van der Waals surface area (Å²) in [6, 6.07) is 8.62. The molecule has 0 aliphatic carbocycles. The van der Waals surface area contributed by atoms with Gasteiger partial charge in [0.25, 0.3) is 0 Å². The summed E-state index contributed by atoms with van der Waals surface area (Å²) in [5.41, 5.74) is 3.04. The molecule has 0 bridgehead atoms. The van der Waals surface area contributed by atoms with Gasteiger partial charge in [0.1, 0.15) is 17.7 Å². The second kappa shape index (κ2) is 8.22. The average molecular weight is 482 g/mol. The van der Waals surface area contributed by atoms with Gasteiger partial charge in [-0.05, 0) is 45.3 Å². The van der Waals surface area contributed by atoms with Crippen LogP contribution in [0.15, 0.2) is 59.7 Å². The van der Waals surface area contributed by atoms with Crippen molar-refractivity contribution in [3.8, 4) is 0 Å². The number of anilines is 2. The molecule has 9 heteroatoms. The largest absolute Gasteiger partial charge is 0.351 e. The first-order chi connectivity index (χ1) is 15.1. The van der Waals surface area contributed by atoms with Crippen molar-refractivity contribution in [2.24, 2.45) is 0 Å². The molecule has 158 valence electrons. The van der Waals surface area contributed by atoms with Crippen molar-refractivity contribution >= 4 is 33.2 Å². The van der Waals surface area contributed by atoms with Gasteiger partial charge in [0.05, 0.1) is 0 Å². The van der Waals surface area contributed by atoms with Crippen molar-refractivity contribution in [3.63, 3.8) is 0 Å². The van der Waals surface area contributed by atoms with Gasteiger partial charge in [0, 0.05) is 55.2 Å². The summed E-state index contributed by atoms with van der Waals surface area (Å²) in [6.45, 7) is 5.35. The SMILES string of the molecule is CC(c1ccc(F)cc1)c1cnc(N2CCN(c3ncnn4cc(Br)cc34)CC2)nc1. The molecule has 0 N–H and O–H groups in total. The Morgan fingerprint density at radius 3 is 2.32 bits per heavy atom. The maximum atomic E-state index is 13.2. The lowest BCUT2D eigenvalue weighted by atomic mass is 9.95. The zero-order valence-electron chi connectivity index (χ0n) is 17.0. The van der Waals surface area contributed by atoms with E-state index in [-0.39, 0.29) is 11.7 Å². The molecule has 3 aromatic heterocycles. The van der Waals surface area contributed by atoms with E-state index in [1.165, 1.54) is 12.1 Å². The maximum Gasteiger partial charge on any atom is 0.225 e. The quantitative estimate of drug-likeness (QED) is 0.440. The molecule has 1 fully saturated rings. The average Bonchev–Trinajstić information content (AvgIpc) is 3.20. The Kier molecular flexibility index (Phi) is 5.27. The molecule has 7 nitrogen and oxygen atoms in total. The summed E-state index contributed by atoms with van der Waals surface area (Å²) < 4.78 is 16.0. The number of nitrogens with zero attached hydrogens (tertiary/aromatic N) is 7. The fraction of sp³-hybridized carbons (Fsp3) is 0.273. The van der Waals surface area contributed by atoms with E-state index in [0.29, 0.717) is 0 Å². The van der Waals surface area contributed by atoms with Crippen LogP contribution < -0.4 is 9.80 Å². The highest BCUT2D eigenvalue weighted by atomic mass is 79.9. The molecule has 1 atom stereocenters. The van der Waals surface area contributed by atoms with Gasteiger partial charge in [0.15, 0.2) is 5.82 Å². The number of aromatic nitrogens is 5. The Morgan fingerprint density at radius 2 is 1.61 bits per heavy atom. The lowest BCUT2D eigenvalue weighted by Crippen LogP contribution is -2.47. The van der Waals surface area contributed by atoms with Crippen LogP contribution in [0.2, 0.25) is 0 Å². The van der Waals surface area contributed by atoms with Crippen LogP contribution in [-0.2, 0) is 0 Å². The first-order valence-corrected chi connectivity index (χ1v) is 10.9. The number of hydrogen-bond acceptors (Lipinski definition) is 6. The van der Waals surface area contributed by atoms with Crippen LogP contribution in [0.25, 0.3) is 5.52 Å². The normalized spacial score (nSPS) is 15.5. The Morgan fingerprint density at radius 1 is 0.935 bits per heavy atom. The molecule has 1 aliphatic heterocycles. The van der Waals surface area contributed by atoms with E-state index in [1.54, 1.807) is 18.5 Å². The van der Waals surface area contributed by atoms with E-state index in [1.807, 2.05) is 29.2 Å². The Balaban J connectivity index is 1.27. The van der Waals surface area contributed by atoms with Crippen LogP contribution in [0.5, 0.6) is 0 Å². The smallest absolute Gasteiger partial charge is 0.225 e. The predicted molar refractivity (Wildman–Crippen MR) is 121 cm³/mol. The van der Waals surface area contributed by atoms with Crippen LogP contribution in [-0.4, -0.2) is 50.7 Å². The molecule has 0 radical (unpaired) electrons. The van der Waals surface area contributed by atoms with Crippen LogP contribution in [0, 0.1) is 5.82 Å². The molecule has 4 heterocycles. The van der Waals surface area contributed by atoms with Gasteiger partial charge < -0.3 is 9.80 Å². The zero-order valence-corrected chi connectivity index (χ0v) is 18.6. The topological polar surface area (TPSA) is 62.5 Å². The summed E-state index contributed by atoms with van der Waals surface area (Å²) in [5.74, 6) is 1.54. The van der Waals surface area contributed by atoms with Gasteiger partial charge in [-0.2, -0.15) is 5.10 Å². The third-order valence-corrected chi connectivity index (χ3v) is 6.18. The van der Waals surface area contributed by atoms with Crippen molar-refractivity contribution < 1.29 is 4.39 Å². The minimum Gasteiger partial charge on any atom is -0.351 e. The van der Waals surface area contributed by atoms with Crippen LogP contribution in [0.4, 0.5) is 16.2 Å². The molecule has 0 saturated carbocycles. The van der Waals surface area contributed by atoms with Crippen molar-refractivity contribution in [1.82, 2.24) is 24.6 Å². The van der Waals surface area contributed by atoms with E-state index >= 15 is 0 Å². The number of piperazine rings is 1. The summed E-state index contributed by atoms with van der Waals surface area (Å²) >= 11 is 3.51. The third-order valence-electron chi connectivity index (χ3n) is 5.74. The highest BCUT2D eigenvalue weighted by Crippen LogP contribution is 2.26. The maximum absolute atomic E-state index is 13.2. The first kappa shape index (κ1) is 19.9. The minimum absolute atomic E-state index is 0.105. The standard InChI is InChI=1S/C22H21BrFN7/c1-15(16-2-4-19(24)5-3-16)17-11-25-22(26-12-17)30-8-6-29(7-9-30)21-20-10-18(23)13-31(20)28-14-27-21/h2-5,10-15H,6-9H2,1H3. The molecule has 31 heavy (non-hydrogen) atoms. The van der Waals surface area contributed by atoms with E-state index in [9.17, 15) is 4.39 Å². The van der Waals surface area contributed by atoms with Crippen molar-refractivity contribution in [2.45, 2.75) is 12.8 Å². The van der Waals surface area contributed by atoms with Crippen molar-refractivity contribution in [3.05, 3.63) is 76.7 Å². The molecule has 5 rings (SSSR count). The Bertz CT molecular complexity index is 1180. The second-order valence-electron chi connectivity index (χ2n) is 7.64. The Hall–Kier alpha value is -3.07. The highest BCUT2D eigenvalue weighted by molar-refractivity contribution is 9.10. The zero-order chi connectivity index (χ0) is 21.4. The van der Waals surface area contributed by atoms with Crippen molar-refractivity contribution in [2.75, 3.05) is 36.0 Å². The van der Waals surface area contributed by atoms with Gasteiger partial charge in [-0.15, -0.1) is 0 Å². The Labute approximate surface area is 187 Å². The first-order valence-electron chi connectivity index (χ1n) is 10.1. The van der Waals surface area contributed by atoms with Gasteiger partial charge in [-0.25, -0.2) is 23.9 Å². The number of hydrogen-bond donors (Lipinski definition) is 0. The monoisotopic (exact) mass is 481 g/mol. The van der Waals surface area contributed by atoms with E-state index in [0.717, 1.165) is 59.1 Å². The van der Waals surface area contributed by atoms with Crippen LogP contribution >= 0.6 is 15.9 Å². The van der Waals surface area contributed by atoms with E-state index < -0.39 is 0 Å². The molecule has 1 aliphatic rings. The van der Waals surface area contributed by atoms with Gasteiger partial charge >= 0.3 is 0 Å². The lowest BCUT2D eigenvalue weighted by molar-refractivity contribution is 0.626. The molecule has 4 aromatic rings. The molecular formula is C22H21BrFN7. The van der Waals surface area contributed by atoms with Crippen LogP contribution in [0.3, 0.4) is 0 Å². The van der Waals surface area contributed by atoms with E-state index in [4.69, 9.17) is 0 Å². The summed E-state index contributed by atoms with van der Waals surface area (Å²) in [6.07, 6.45) is 7.26. The highest BCUT2D eigenvalue weighted by Gasteiger charge is 2.22. The summed E-state index contributed by atoms with van der Waals surface area (Å²) in [4.78, 5) is 18.2. The summed E-state index contributed by atoms with van der Waals surface area (Å²) in [5, 5.41) is 4.27. The summed E-state index contributed by atoms with van der Waals surface area (Å²) in [7, 11) is 0. The fourth-order valence-corrected chi connectivity index (χ4v) is 4.32. The number of benzene rings is 1. The van der Waals surface area contributed by atoms with Gasteiger partial charge in [-0.3, -0.25) is 0 Å². The molecule has 0 amide bonds. The minimum atomic E-state index is -0.228.